The molecule has 29 heavy (non-hydrogen) atoms. The van der Waals surface area contributed by atoms with Crippen LogP contribution in [0.3, 0.4) is 0 Å². The topological polar surface area (TPSA) is 114 Å². The SMILES string of the molecule is NCC1C(S(=O)(=O)c2ccccc2)c2c(Cc3cccnc3)cccc2S1(O)O. The number of nitrogens with zero attached hydrogens (tertiary/aromatic N) is 1. The van der Waals surface area contributed by atoms with Gasteiger partial charge in [-0.1, -0.05) is 36.4 Å². The van der Waals surface area contributed by atoms with E-state index in [4.69, 9.17) is 5.73 Å². The standard InChI is InChI=1S/C21H22N2O4S2/c22-13-19-21(28(24,25)17-8-2-1-3-9-17)20-16(12-15-6-5-11-23-14-15)7-4-10-18(20)29(19,26)27/h1-11,14,19,21,26-27H,12-13,22H2. The first-order valence-corrected chi connectivity index (χ1v) is 12.3. The molecule has 0 fully saturated rings. The van der Waals surface area contributed by atoms with Crippen molar-refractivity contribution in [1.82, 2.24) is 4.98 Å². The van der Waals surface area contributed by atoms with Crippen LogP contribution in [0.1, 0.15) is 21.9 Å². The fourth-order valence-electron chi connectivity index (χ4n) is 3.94. The van der Waals surface area contributed by atoms with E-state index in [0.717, 1.165) is 11.1 Å². The lowest BCUT2D eigenvalue weighted by Crippen LogP contribution is -2.32. The molecule has 0 bridgehead atoms. The highest BCUT2D eigenvalue weighted by atomic mass is 32.3. The minimum atomic E-state index is -3.89. The molecule has 6 nitrogen and oxygen atoms in total. The largest absolute Gasteiger partial charge is 0.329 e. The van der Waals surface area contributed by atoms with E-state index in [9.17, 15) is 17.5 Å². The predicted octanol–water partition coefficient (Wildman–Crippen LogP) is 3.64. The third-order valence-corrected chi connectivity index (χ3v) is 9.93. The highest BCUT2D eigenvalue weighted by Crippen LogP contribution is 2.66. The molecule has 0 aliphatic carbocycles. The van der Waals surface area contributed by atoms with Gasteiger partial charge >= 0.3 is 0 Å². The molecule has 1 aromatic heterocycles. The van der Waals surface area contributed by atoms with Crippen LogP contribution in [0.4, 0.5) is 0 Å². The van der Waals surface area contributed by atoms with Crippen LogP contribution in [0, 0.1) is 0 Å². The number of fused-ring (bicyclic) bond motifs is 1. The Labute approximate surface area is 171 Å². The van der Waals surface area contributed by atoms with E-state index in [1.54, 1.807) is 42.7 Å². The van der Waals surface area contributed by atoms with Gasteiger partial charge in [0.2, 0.25) is 0 Å². The molecular formula is C21H22N2O4S2. The summed E-state index contributed by atoms with van der Waals surface area (Å²) >= 11 is 0. The van der Waals surface area contributed by atoms with Crippen LogP contribution >= 0.6 is 10.6 Å². The van der Waals surface area contributed by atoms with Crippen LogP contribution in [-0.2, 0) is 16.3 Å². The Kier molecular flexibility index (Phi) is 5.22. The maximum Gasteiger partial charge on any atom is 0.187 e. The second kappa shape index (κ2) is 7.55. The summed E-state index contributed by atoms with van der Waals surface area (Å²) in [4.78, 5) is 4.54. The molecule has 4 N–H and O–H groups in total. The zero-order chi connectivity index (χ0) is 20.6. The van der Waals surface area contributed by atoms with E-state index < -0.39 is 30.9 Å². The molecule has 0 saturated carbocycles. The summed E-state index contributed by atoms with van der Waals surface area (Å²) in [6.07, 6.45) is 3.82. The fourth-order valence-corrected chi connectivity index (χ4v) is 8.79. The smallest absolute Gasteiger partial charge is 0.187 e. The van der Waals surface area contributed by atoms with Crippen molar-refractivity contribution in [2.75, 3.05) is 6.54 Å². The minimum absolute atomic E-state index is 0.141. The zero-order valence-corrected chi connectivity index (χ0v) is 17.2. The van der Waals surface area contributed by atoms with Gasteiger partial charge in [0.05, 0.1) is 15.0 Å². The Bertz CT molecular complexity index is 1120. The van der Waals surface area contributed by atoms with Gasteiger partial charge in [-0.05, 0) is 47.4 Å². The number of hydrogen-bond donors (Lipinski definition) is 3. The van der Waals surface area contributed by atoms with Gasteiger partial charge in [0.1, 0.15) is 5.25 Å². The summed E-state index contributed by atoms with van der Waals surface area (Å²) in [6.45, 7) is -0.153. The summed E-state index contributed by atoms with van der Waals surface area (Å²) < 4.78 is 49.1. The maximum absolute atomic E-state index is 13.6. The first-order valence-electron chi connectivity index (χ1n) is 9.14. The Morgan fingerprint density at radius 3 is 2.41 bits per heavy atom. The molecule has 0 radical (unpaired) electrons. The number of aromatic nitrogens is 1. The van der Waals surface area contributed by atoms with Gasteiger partial charge in [-0.2, -0.15) is 10.6 Å². The van der Waals surface area contributed by atoms with Crippen molar-refractivity contribution in [3.05, 3.63) is 89.7 Å². The molecule has 2 heterocycles. The number of sulfone groups is 1. The normalized spacial score (nSPS) is 21.5. The van der Waals surface area contributed by atoms with Gasteiger partial charge in [-0.15, -0.1) is 0 Å². The molecule has 8 heteroatoms. The number of benzene rings is 2. The molecule has 4 rings (SSSR count). The molecule has 0 amide bonds. The van der Waals surface area contributed by atoms with Gasteiger partial charge in [0.15, 0.2) is 9.84 Å². The summed E-state index contributed by atoms with van der Waals surface area (Å²) in [5.41, 5.74) is 7.98. The van der Waals surface area contributed by atoms with Crippen LogP contribution in [0.25, 0.3) is 0 Å². The predicted molar refractivity (Wildman–Crippen MR) is 114 cm³/mol. The summed E-state index contributed by atoms with van der Waals surface area (Å²) in [5.74, 6) is 0. The lowest BCUT2D eigenvalue weighted by Gasteiger charge is -2.35. The highest BCUT2D eigenvalue weighted by molar-refractivity contribution is 8.25. The summed E-state index contributed by atoms with van der Waals surface area (Å²) in [5, 5.41) is -2.12. The third-order valence-electron chi connectivity index (χ3n) is 5.28. The maximum atomic E-state index is 13.6. The second-order valence-electron chi connectivity index (χ2n) is 7.01. The van der Waals surface area contributed by atoms with Crippen molar-refractivity contribution in [3.63, 3.8) is 0 Å². The first-order chi connectivity index (χ1) is 13.9. The summed E-state index contributed by atoms with van der Waals surface area (Å²) in [7, 11) is -7.27. The van der Waals surface area contributed by atoms with E-state index in [2.05, 4.69) is 4.98 Å². The van der Waals surface area contributed by atoms with Gasteiger partial charge in [-0.3, -0.25) is 14.1 Å². The zero-order valence-electron chi connectivity index (χ0n) is 15.5. The Morgan fingerprint density at radius 2 is 1.76 bits per heavy atom. The minimum Gasteiger partial charge on any atom is -0.329 e. The Morgan fingerprint density at radius 1 is 1.00 bits per heavy atom. The molecule has 1 aliphatic rings. The van der Waals surface area contributed by atoms with E-state index in [1.165, 1.54) is 12.1 Å². The van der Waals surface area contributed by atoms with Crippen molar-refractivity contribution in [1.29, 1.82) is 0 Å². The van der Waals surface area contributed by atoms with Crippen molar-refractivity contribution < 1.29 is 17.5 Å². The van der Waals surface area contributed by atoms with Gasteiger partial charge in [-0.25, -0.2) is 8.42 Å². The van der Waals surface area contributed by atoms with E-state index in [0.29, 0.717) is 12.0 Å². The molecular weight excluding hydrogens is 408 g/mol. The van der Waals surface area contributed by atoms with Crippen molar-refractivity contribution >= 4 is 20.4 Å². The molecule has 2 unspecified atom stereocenters. The molecule has 2 atom stereocenters. The Balaban J connectivity index is 1.92. The van der Waals surface area contributed by atoms with Crippen LogP contribution in [0.5, 0.6) is 0 Å². The van der Waals surface area contributed by atoms with Crippen LogP contribution in [-0.4, -0.2) is 34.3 Å². The molecule has 0 spiro atoms. The quantitative estimate of drug-likeness (QED) is 0.569. The third kappa shape index (κ3) is 3.37. The Hall–Kier alpha value is -2.23. The van der Waals surface area contributed by atoms with Crippen molar-refractivity contribution in [2.24, 2.45) is 5.73 Å². The lowest BCUT2D eigenvalue weighted by atomic mass is 9.97. The van der Waals surface area contributed by atoms with E-state index in [1.807, 2.05) is 18.2 Å². The van der Waals surface area contributed by atoms with Crippen LogP contribution in [0.2, 0.25) is 0 Å². The average Bonchev–Trinajstić information content (AvgIpc) is 2.97. The molecule has 1 aliphatic heterocycles. The first kappa shape index (κ1) is 20.1. The average molecular weight is 431 g/mol. The van der Waals surface area contributed by atoms with E-state index >= 15 is 0 Å². The van der Waals surface area contributed by atoms with Crippen LogP contribution in [0.15, 0.2) is 82.8 Å². The lowest BCUT2D eigenvalue weighted by molar-refractivity contribution is 0.474. The van der Waals surface area contributed by atoms with Gasteiger partial charge in [0.25, 0.3) is 0 Å². The monoisotopic (exact) mass is 430 g/mol. The summed E-state index contributed by atoms with van der Waals surface area (Å²) in [6, 6.07) is 17.0. The molecule has 152 valence electrons. The van der Waals surface area contributed by atoms with Gasteiger partial charge in [0, 0.05) is 18.9 Å². The van der Waals surface area contributed by atoms with Crippen molar-refractivity contribution in [3.8, 4) is 0 Å². The van der Waals surface area contributed by atoms with Crippen LogP contribution < -0.4 is 5.73 Å². The fraction of sp³-hybridized carbons (Fsp3) is 0.190. The molecule has 3 aromatic rings. The number of rotatable bonds is 5. The number of pyridine rings is 1. The second-order valence-corrected chi connectivity index (χ2v) is 11.3. The molecule has 2 aromatic carbocycles. The van der Waals surface area contributed by atoms with Gasteiger partial charge < -0.3 is 5.73 Å². The van der Waals surface area contributed by atoms with Crippen molar-refractivity contribution in [2.45, 2.75) is 26.7 Å². The molecule has 0 saturated heterocycles. The van der Waals surface area contributed by atoms with E-state index in [-0.39, 0.29) is 16.3 Å². The number of nitrogens with two attached hydrogens (primary N) is 1. The number of hydrogen-bond acceptors (Lipinski definition) is 6. The highest BCUT2D eigenvalue weighted by Gasteiger charge is 2.51.